The predicted molar refractivity (Wildman–Crippen MR) is 152 cm³/mol. The van der Waals surface area contributed by atoms with E-state index < -0.39 is 0 Å². The quantitative estimate of drug-likeness (QED) is 0.184. The summed E-state index contributed by atoms with van der Waals surface area (Å²) in [5.74, 6) is 0.635. The van der Waals surface area contributed by atoms with Crippen LogP contribution < -0.4 is 4.57 Å². The summed E-state index contributed by atoms with van der Waals surface area (Å²) < 4.78 is 9.13. The number of rotatable bonds is 3. The lowest BCUT2D eigenvalue weighted by Gasteiger charge is -2.22. The van der Waals surface area contributed by atoms with E-state index in [0.717, 1.165) is 44.2 Å². The number of nitrogens with zero attached hydrogens (tertiary/aromatic N) is 2. The van der Waals surface area contributed by atoms with Crippen molar-refractivity contribution in [1.82, 2.24) is 0 Å². The van der Waals surface area contributed by atoms with Crippen molar-refractivity contribution in [3.8, 4) is 22.4 Å². The average Bonchev–Trinajstić information content (AvgIpc) is 3.28. The summed E-state index contributed by atoms with van der Waals surface area (Å²) in [6.45, 7) is 14.4. The van der Waals surface area contributed by atoms with Crippen LogP contribution in [0.25, 0.3) is 49.2 Å². The van der Waals surface area contributed by atoms with E-state index in [1.165, 1.54) is 54.6 Å². The molecule has 0 N–H and O–H groups in total. The van der Waals surface area contributed by atoms with Gasteiger partial charge in [0.1, 0.15) is 18.2 Å². The zero-order valence-corrected chi connectivity index (χ0v) is 22.2. The van der Waals surface area contributed by atoms with E-state index in [4.69, 9.17) is 11.0 Å². The fraction of sp³-hybridized carbons (Fsp3) is 0.294. The van der Waals surface area contributed by atoms with Crippen LogP contribution in [0.15, 0.2) is 65.1 Å². The first-order chi connectivity index (χ1) is 18.0. The highest BCUT2D eigenvalue weighted by atomic mass is 16.3. The van der Waals surface area contributed by atoms with Crippen LogP contribution in [0.2, 0.25) is 0 Å². The highest BCUT2D eigenvalue weighted by molar-refractivity contribution is 6.15. The van der Waals surface area contributed by atoms with Gasteiger partial charge in [0.25, 0.3) is 0 Å². The van der Waals surface area contributed by atoms with Gasteiger partial charge in [-0.3, -0.25) is 0 Å². The summed E-state index contributed by atoms with van der Waals surface area (Å²) in [5, 5.41) is 2.18. The SMILES string of the molecule is [C-]#[N+]c1c(C)cc2c(oc3c(-c4cc(C5CCCCC5)cc(C)[n+]4C)c(C)ccc32)c1-c1ccccc1. The molecular weight excluding hydrogens is 452 g/mol. The standard InChI is InChI=1S/C34H33N2O/c1-21-16-17-27-28-18-22(2)32(35-4)31(25-14-10-7-11-15-25)34(28)37-33(27)30(21)29-20-26(19-23(3)36(29)5)24-12-8-6-9-13-24/h7,10-11,14-20,24H,6,8-9,12-13H2,1-3,5H3/q+1. The van der Waals surface area contributed by atoms with E-state index in [1.54, 1.807) is 0 Å². The molecule has 0 amide bonds. The van der Waals surface area contributed by atoms with Gasteiger partial charge in [0.2, 0.25) is 11.4 Å². The molecule has 0 bridgehead atoms. The van der Waals surface area contributed by atoms with E-state index in [0.29, 0.717) is 11.6 Å². The second-order valence-electron chi connectivity index (χ2n) is 10.7. The van der Waals surface area contributed by atoms with Gasteiger partial charge in [-0.1, -0.05) is 67.8 Å². The van der Waals surface area contributed by atoms with Gasteiger partial charge in [0, 0.05) is 35.4 Å². The first-order valence-electron chi connectivity index (χ1n) is 13.4. The third-order valence-corrected chi connectivity index (χ3v) is 8.38. The van der Waals surface area contributed by atoms with Gasteiger partial charge in [0.15, 0.2) is 5.69 Å². The molecule has 0 spiro atoms. The van der Waals surface area contributed by atoms with Crippen molar-refractivity contribution in [2.24, 2.45) is 7.05 Å². The number of pyridine rings is 1. The molecular formula is C34H33N2O+. The molecule has 0 atom stereocenters. The van der Waals surface area contributed by atoms with Crippen LogP contribution in [0.3, 0.4) is 0 Å². The Bertz CT molecular complexity index is 1700. The van der Waals surface area contributed by atoms with Crippen molar-refractivity contribution < 1.29 is 8.98 Å². The van der Waals surface area contributed by atoms with Crippen LogP contribution in [-0.4, -0.2) is 0 Å². The highest BCUT2D eigenvalue weighted by Crippen LogP contribution is 2.46. The minimum atomic E-state index is 0.635. The summed E-state index contributed by atoms with van der Waals surface area (Å²) in [7, 11) is 2.16. The molecule has 1 aliphatic rings. The van der Waals surface area contributed by atoms with Crippen molar-refractivity contribution in [1.29, 1.82) is 0 Å². The number of furan rings is 1. The van der Waals surface area contributed by atoms with Gasteiger partial charge < -0.3 is 4.42 Å². The minimum absolute atomic E-state index is 0.635. The molecule has 0 aliphatic heterocycles. The molecule has 37 heavy (non-hydrogen) atoms. The number of hydrogen-bond donors (Lipinski definition) is 0. The topological polar surface area (TPSA) is 21.4 Å². The second kappa shape index (κ2) is 9.20. The van der Waals surface area contributed by atoms with Crippen LogP contribution in [0.5, 0.6) is 0 Å². The van der Waals surface area contributed by atoms with Crippen molar-refractivity contribution in [3.63, 3.8) is 0 Å². The number of fused-ring (bicyclic) bond motifs is 3. The number of hydrogen-bond acceptors (Lipinski definition) is 1. The summed E-state index contributed by atoms with van der Waals surface area (Å²) in [4.78, 5) is 3.94. The second-order valence-corrected chi connectivity index (χ2v) is 10.7. The molecule has 3 heteroatoms. The number of aromatic nitrogens is 1. The first-order valence-corrected chi connectivity index (χ1v) is 13.4. The molecule has 5 aromatic rings. The molecule has 6 rings (SSSR count). The Morgan fingerprint density at radius 1 is 0.811 bits per heavy atom. The van der Waals surface area contributed by atoms with Gasteiger partial charge in [0.05, 0.1) is 12.1 Å². The summed E-state index contributed by atoms with van der Waals surface area (Å²) in [6, 6.07) is 21.5. The molecule has 1 aliphatic carbocycles. The van der Waals surface area contributed by atoms with Crippen molar-refractivity contribution in [2.45, 2.75) is 58.8 Å². The third kappa shape index (κ3) is 3.83. The maximum absolute atomic E-state index is 7.95. The van der Waals surface area contributed by atoms with Crippen LogP contribution in [-0.2, 0) is 7.05 Å². The van der Waals surface area contributed by atoms with Crippen LogP contribution >= 0.6 is 0 Å². The lowest BCUT2D eigenvalue weighted by atomic mass is 9.83. The molecule has 2 aromatic heterocycles. The third-order valence-electron chi connectivity index (χ3n) is 8.38. The van der Waals surface area contributed by atoms with Crippen LogP contribution in [0.1, 0.15) is 60.4 Å². The van der Waals surface area contributed by atoms with Gasteiger partial charge in [-0.15, -0.1) is 0 Å². The van der Waals surface area contributed by atoms with Crippen LogP contribution in [0, 0.1) is 27.3 Å². The van der Waals surface area contributed by atoms with Crippen molar-refractivity contribution >= 4 is 27.6 Å². The van der Waals surface area contributed by atoms with E-state index in [1.807, 2.05) is 25.1 Å². The largest absolute Gasteiger partial charge is 0.456 e. The zero-order chi connectivity index (χ0) is 25.7. The Morgan fingerprint density at radius 3 is 2.27 bits per heavy atom. The lowest BCUT2D eigenvalue weighted by molar-refractivity contribution is -0.666. The van der Waals surface area contributed by atoms with E-state index in [-0.39, 0.29) is 0 Å². The molecule has 0 saturated heterocycles. The fourth-order valence-electron chi connectivity index (χ4n) is 6.27. The number of aryl methyl sites for hydroxylation is 3. The van der Waals surface area contributed by atoms with Crippen LogP contribution in [0.4, 0.5) is 5.69 Å². The van der Waals surface area contributed by atoms with Gasteiger partial charge in [-0.25, -0.2) is 4.85 Å². The van der Waals surface area contributed by atoms with E-state index >= 15 is 0 Å². The number of benzene rings is 3. The summed E-state index contributed by atoms with van der Waals surface area (Å²) in [5.41, 5.74) is 11.5. The van der Waals surface area contributed by atoms with Crippen molar-refractivity contribution in [2.75, 3.05) is 0 Å². The van der Waals surface area contributed by atoms with Gasteiger partial charge in [-0.05, 0) is 54.9 Å². The smallest absolute Gasteiger partial charge is 0.216 e. The highest BCUT2D eigenvalue weighted by Gasteiger charge is 2.27. The molecule has 3 nitrogen and oxygen atoms in total. The van der Waals surface area contributed by atoms with Crippen molar-refractivity contribution in [3.05, 3.63) is 94.5 Å². The first kappa shape index (κ1) is 23.5. The van der Waals surface area contributed by atoms with E-state index in [9.17, 15) is 0 Å². The zero-order valence-electron chi connectivity index (χ0n) is 22.2. The monoisotopic (exact) mass is 485 g/mol. The summed E-state index contributed by atoms with van der Waals surface area (Å²) >= 11 is 0. The van der Waals surface area contributed by atoms with Gasteiger partial charge in [-0.2, -0.15) is 4.57 Å². The Kier molecular flexibility index (Phi) is 5.84. The molecule has 0 unspecified atom stereocenters. The molecule has 1 saturated carbocycles. The maximum Gasteiger partial charge on any atom is 0.216 e. The average molecular weight is 486 g/mol. The lowest BCUT2D eigenvalue weighted by Crippen LogP contribution is -2.35. The molecule has 2 heterocycles. The molecule has 0 radical (unpaired) electrons. The van der Waals surface area contributed by atoms with E-state index in [2.05, 4.69) is 72.8 Å². The Hall–Kier alpha value is -3.90. The molecule has 184 valence electrons. The fourth-order valence-corrected chi connectivity index (χ4v) is 6.27. The van der Waals surface area contributed by atoms with Gasteiger partial charge >= 0.3 is 0 Å². The summed E-state index contributed by atoms with van der Waals surface area (Å²) in [6.07, 6.45) is 6.56. The maximum atomic E-state index is 7.95. The Balaban J connectivity index is 1.67. The Morgan fingerprint density at radius 2 is 1.54 bits per heavy atom. The normalized spacial score (nSPS) is 14.4. The predicted octanol–water partition coefficient (Wildman–Crippen LogP) is 9.27. The molecule has 3 aromatic carbocycles. The minimum Gasteiger partial charge on any atom is -0.456 e. The molecule has 1 fully saturated rings. The Labute approximate surface area is 219 Å².